The van der Waals surface area contributed by atoms with E-state index in [2.05, 4.69) is 19.2 Å². The molecule has 1 aliphatic carbocycles. The molecule has 1 saturated carbocycles. The van der Waals surface area contributed by atoms with Crippen LogP contribution in [0.2, 0.25) is 0 Å². The van der Waals surface area contributed by atoms with E-state index in [-0.39, 0.29) is 17.1 Å². The highest BCUT2D eigenvalue weighted by Crippen LogP contribution is 2.37. The molecule has 21 heavy (non-hydrogen) atoms. The number of hydrogen-bond donors (Lipinski definition) is 2. The Morgan fingerprint density at radius 3 is 2.24 bits per heavy atom. The molecule has 0 atom stereocenters. The van der Waals surface area contributed by atoms with Gasteiger partial charge in [-0.3, -0.25) is 0 Å². The van der Waals surface area contributed by atoms with E-state index in [0.717, 1.165) is 31.7 Å². The normalized spacial score (nSPS) is 26.5. The number of nitrogens with two attached hydrogens (primary N) is 1. The van der Waals surface area contributed by atoms with E-state index in [1.807, 2.05) is 25.7 Å². The summed E-state index contributed by atoms with van der Waals surface area (Å²) in [5.41, 5.74) is 5.79. The fraction of sp³-hybridized carbons (Fsp3) is 0.941. The molecule has 2 amide bonds. The van der Waals surface area contributed by atoms with Gasteiger partial charge in [0.2, 0.25) is 0 Å². The maximum atomic E-state index is 12.7. The summed E-state index contributed by atoms with van der Waals surface area (Å²) in [5, 5.41) is 3.12. The second-order valence-corrected chi connectivity index (χ2v) is 7.61. The standard InChI is InChI=1S/C17H35N3O/c1-6-12-20(15(21)19-16(3,4)5)17(13-18)10-8-14(7-2)9-11-17/h14H,6-13,18H2,1-5H3,(H,19,21). The molecule has 0 aliphatic heterocycles. The van der Waals surface area contributed by atoms with E-state index in [0.29, 0.717) is 6.54 Å². The van der Waals surface area contributed by atoms with Crippen LogP contribution in [0.3, 0.4) is 0 Å². The fourth-order valence-corrected chi connectivity index (χ4v) is 3.37. The van der Waals surface area contributed by atoms with Crippen molar-refractivity contribution in [3.8, 4) is 0 Å². The predicted octanol–water partition coefficient (Wildman–Crippen LogP) is 3.50. The Labute approximate surface area is 130 Å². The Hall–Kier alpha value is -0.770. The van der Waals surface area contributed by atoms with Gasteiger partial charge in [0.05, 0.1) is 5.54 Å². The zero-order chi connectivity index (χ0) is 16.1. The minimum Gasteiger partial charge on any atom is -0.333 e. The SMILES string of the molecule is CCCN(C(=O)NC(C)(C)C)C1(CN)CCC(CC)CC1. The van der Waals surface area contributed by atoms with Crippen molar-refractivity contribution >= 4 is 6.03 Å². The number of nitrogens with zero attached hydrogens (tertiary/aromatic N) is 1. The number of nitrogens with one attached hydrogen (secondary N) is 1. The number of carbonyl (C=O) groups is 1. The number of rotatable bonds is 5. The topological polar surface area (TPSA) is 58.4 Å². The van der Waals surface area contributed by atoms with E-state index < -0.39 is 0 Å². The van der Waals surface area contributed by atoms with Crippen LogP contribution in [0.1, 0.15) is 73.1 Å². The number of carbonyl (C=O) groups excluding carboxylic acids is 1. The molecule has 124 valence electrons. The largest absolute Gasteiger partial charge is 0.333 e. The molecule has 4 nitrogen and oxygen atoms in total. The van der Waals surface area contributed by atoms with Gasteiger partial charge in [0.1, 0.15) is 0 Å². The lowest BCUT2D eigenvalue weighted by Crippen LogP contribution is -2.62. The van der Waals surface area contributed by atoms with Gasteiger partial charge >= 0.3 is 6.03 Å². The quantitative estimate of drug-likeness (QED) is 0.816. The van der Waals surface area contributed by atoms with Crippen LogP contribution in [0.4, 0.5) is 4.79 Å². The van der Waals surface area contributed by atoms with Crippen molar-refractivity contribution in [2.75, 3.05) is 13.1 Å². The van der Waals surface area contributed by atoms with Crippen LogP contribution in [0.5, 0.6) is 0 Å². The Morgan fingerprint density at radius 2 is 1.86 bits per heavy atom. The third-order valence-corrected chi connectivity index (χ3v) is 4.74. The van der Waals surface area contributed by atoms with E-state index >= 15 is 0 Å². The molecule has 0 saturated heterocycles. The average molecular weight is 297 g/mol. The van der Waals surface area contributed by atoms with Crippen LogP contribution >= 0.6 is 0 Å². The Balaban J connectivity index is 2.88. The Morgan fingerprint density at radius 1 is 1.29 bits per heavy atom. The zero-order valence-corrected chi connectivity index (χ0v) is 14.7. The summed E-state index contributed by atoms with van der Waals surface area (Å²) in [4.78, 5) is 14.8. The first-order valence-electron chi connectivity index (χ1n) is 8.58. The summed E-state index contributed by atoms with van der Waals surface area (Å²) >= 11 is 0. The van der Waals surface area contributed by atoms with Gasteiger partial charge in [0, 0.05) is 18.6 Å². The van der Waals surface area contributed by atoms with Crippen molar-refractivity contribution < 1.29 is 4.79 Å². The van der Waals surface area contributed by atoms with E-state index in [4.69, 9.17) is 5.73 Å². The number of amides is 2. The van der Waals surface area contributed by atoms with Gasteiger partial charge in [-0.15, -0.1) is 0 Å². The summed E-state index contributed by atoms with van der Waals surface area (Å²) in [5.74, 6) is 0.804. The van der Waals surface area contributed by atoms with Crippen molar-refractivity contribution in [2.45, 2.75) is 84.2 Å². The maximum absolute atomic E-state index is 12.7. The van der Waals surface area contributed by atoms with Crippen LogP contribution in [0.25, 0.3) is 0 Å². The minimum absolute atomic E-state index is 0.0461. The van der Waals surface area contributed by atoms with Gasteiger partial charge in [0.25, 0.3) is 0 Å². The highest BCUT2D eigenvalue weighted by Gasteiger charge is 2.41. The first-order chi connectivity index (χ1) is 9.78. The minimum atomic E-state index is -0.209. The van der Waals surface area contributed by atoms with Crippen molar-refractivity contribution in [2.24, 2.45) is 11.7 Å². The third kappa shape index (κ3) is 4.87. The summed E-state index contributed by atoms with van der Waals surface area (Å²) in [7, 11) is 0. The van der Waals surface area contributed by atoms with Gasteiger partial charge in [-0.2, -0.15) is 0 Å². The molecule has 0 heterocycles. The summed E-state index contributed by atoms with van der Waals surface area (Å²) in [6, 6.07) is 0.0461. The molecule has 1 aliphatic rings. The molecular weight excluding hydrogens is 262 g/mol. The molecule has 1 rings (SSSR count). The highest BCUT2D eigenvalue weighted by atomic mass is 16.2. The van der Waals surface area contributed by atoms with Gasteiger partial charge in [0.15, 0.2) is 0 Å². The lowest BCUT2D eigenvalue weighted by Gasteiger charge is -2.48. The monoisotopic (exact) mass is 297 g/mol. The second-order valence-electron chi connectivity index (χ2n) is 7.61. The molecular formula is C17H35N3O. The second kappa shape index (κ2) is 7.48. The van der Waals surface area contributed by atoms with Crippen LogP contribution in [-0.4, -0.2) is 35.1 Å². The molecule has 0 spiro atoms. The summed E-state index contributed by atoms with van der Waals surface area (Å²) in [6.07, 6.45) is 6.67. The first-order valence-corrected chi connectivity index (χ1v) is 8.58. The predicted molar refractivity (Wildman–Crippen MR) is 89.3 cm³/mol. The smallest absolute Gasteiger partial charge is 0.318 e. The van der Waals surface area contributed by atoms with Crippen molar-refractivity contribution in [3.63, 3.8) is 0 Å². The maximum Gasteiger partial charge on any atom is 0.318 e. The molecule has 0 unspecified atom stereocenters. The molecule has 0 aromatic carbocycles. The van der Waals surface area contributed by atoms with E-state index in [9.17, 15) is 4.79 Å². The summed E-state index contributed by atoms with van der Waals surface area (Å²) in [6.45, 7) is 11.8. The molecule has 3 N–H and O–H groups in total. The number of urea groups is 1. The molecule has 1 fully saturated rings. The van der Waals surface area contributed by atoms with Crippen LogP contribution in [0, 0.1) is 5.92 Å². The zero-order valence-electron chi connectivity index (χ0n) is 14.7. The molecule has 0 aromatic heterocycles. The van der Waals surface area contributed by atoms with E-state index in [1.54, 1.807) is 0 Å². The average Bonchev–Trinajstić information content (AvgIpc) is 2.43. The lowest BCUT2D eigenvalue weighted by molar-refractivity contribution is 0.0648. The third-order valence-electron chi connectivity index (χ3n) is 4.74. The Bertz CT molecular complexity index is 327. The molecule has 4 heteroatoms. The van der Waals surface area contributed by atoms with Crippen LogP contribution in [-0.2, 0) is 0 Å². The molecule has 0 radical (unpaired) electrons. The number of hydrogen-bond acceptors (Lipinski definition) is 2. The summed E-state index contributed by atoms with van der Waals surface area (Å²) < 4.78 is 0. The first kappa shape index (κ1) is 18.3. The highest BCUT2D eigenvalue weighted by molar-refractivity contribution is 5.76. The van der Waals surface area contributed by atoms with Gasteiger partial charge in [-0.05, 0) is 58.8 Å². The van der Waals surface area contributed by atoms with Gasteiger partial charge < -0.3 is 16.0 Å². The van der Waals surface area contributed by atoms with Crippen LogP contribution < -0.4 is 11.1 Å². The van der Waals surface area contributed by atoms with Gasteiger partial charge in [-0.1, -0.05) is 20.3 Å². The fourth-order valence-electron chi connectivity index (χ4n) is 3.37. The molecule has 0 bridgehead atoms. The van der Waals surface area contributed by atoms with Crippen molar-refractivity contribution in [1.82, 2.24) is 10.2 Å². The van der Waals surface area contributed by atoms with Gasteiger partial charge in [-0.25, -0.2) is 4.79 Å². The molecule has 0 aromatic rings. The van der Waals surface area contributed by atoms with Crippen LogP contribution in [0.15, 0.2) is 0 Å². The Kier molecular flexibility index (Phi) is 6.51. The van der Waals surface area contributed by atoms with Crippen molar-refractivity contribution in [1.29, 1.82) is 0 Å². The van der Waals surface area contributed by atoms with Crippen molar-refractivity contribution in [3.05, 3.63) is 0 Å². The lowest BCUT2D eigenvalue weighted by atomic mass is 9.74. The van der Waals surface area contributed by atoms with E-state index in [1.165, 1.54) is 19.3 Å².